The van der Waals surface area contributed by atoms with Crippen LogP contribution in [-0.4, -0.2) is 26.0 Å². The number of rotatable bonds is 2. The Labute approximate surface area is 132 Å². The molecule has 2 aromatic heterocycles. The van der Waals surface area contributed by atoms with Crippen molar-refractivity contribution in [3.8, 4) is 0 Å². The largest absolute Gasteiger partial charge is 0.446 e. The number of carbonyl (C=O) groups excluding carboxylic acids is 1. The summed E-state index contributed by atoms with van der Waals surface area (Å²) in [5, 5.41) is 7.52. The molecule has 0 radical (unpaired) electrons. The Kier molecular flexibility index (Phi) is 3.15. The van der Waals surface area contributed by atoms with Crippen LogP contribution in [0.3, 0.4) is 0 Å². The molecule has 1 amide bonds. The standard InChI is InChI=1S/C17H14N4O2/c1-11-2-3-14-13(6-11)9-21(16(14)15-8-18-10-23-15)17(22)12-4-5-19-20-7-12/h2-8,10,16H,9H2,1H3/t16-/m1/s1. The molecule has 0 bridgehead atoms. The molecule has 23 heavy (non-hydrogen) atoms. The Bertz CT molecular complexity index is 846. The van der Waals surface area contributed by atoms with Crippen LogP contribution in [0.1, 0.15) is 38.9 Å². The molecule has 0 aliphatic carbocycles. The zero-order valence-electron chi connectivity index (χ0n) is 12.5. The minimum Gasteiger partial charge on any atom is -0.446 e. The number of hydrogen-bond donors (Lipinski definition) is 0. The molecule has 0 saturated heterocycles. The lowest BCUT2D eigenvalue weighted by molar-refractivity contribution is 0.0702. The first-order chi connectivity index (χ1) is 11.2. The van der Waals surface area contributed by atoms with E-state index >= 15 is 0 Å². The first kappa shape index (κ1) is 13.6. The Morgan fingerprint density at radius 2 is 2.17 bits per heavy atom. The molecular formula is C17H14N4O2. The van der Waals surface area contributed by atoms with E-state index in [4.69, 9.17) is 4.42 Å². The highest BCUT2D eigenvalue weighted by atomic mass is 16.3. The van der Waals surface area contributed by atoms with Crippen LogP contribution in [0.15, 0.2) is 53.7 Å². The van der Waals surface area contributed by atoms with E-state index in [1.807, 2.05) is 13.0 Å². The first-order valence-corrected chi connectivity index (χ1v) is 7.29. The first-order valence-electron chi connectivity index (χ1n) is 7.29. The molecule has 3 heterocycles. The Hall–Kier alpha value is -3.02. The van der Waals surface area contributed by atoms with Crippen LogP contribution in [-0.2, 0) is 6.54 Å². The fraction of sp³-hybridized carbons (Fsp3) is 0.176. The summed E-state index contributed by atoms with van der Waals surface area (Å²) < 4.78 is 5.49. The fourth-order valence-electron chi connectivity index (χ4n) is 3.02. The van der Waals surface area contributed by atoms with Gasteiger partial charge < -0.3 is 9.32 Å². The molecule has 1 aliphatic heterocycles. The maximum absolute atomic E-state index is 12.9. The molecule has 0 spiro atoms. The summed E-state index contributed by atoms with van der Waals surface area (Å²) in [6.07, 6.45) is 6.04. The van der Waals surface area contributed by atoms with Gasteiger partial charge in [-0.3, -0.25) is 4.79 Å². The maximum Gasteiger partial charge on any atom is 0.256 e. The van der Waals surface area contributed by atoms with E-state index in [1.54, 1.807) is 17.2 Å². The zero-order chi connectivity index (χ0) is 15.8. The monoisotopic (exact) mass is 306 g/mol. The normalized spacial score (nSPS) is 16.4. The summed E-state index contributed by atoms with van der Waals surface area (Å²) in [5.74, 6) is 0.554. The van der Waals surface area contributed by atoms with Crippen LogP contribution in [0.4, 0.5) is 0 Å². The van der Waals surface area contributed by atoms with Crippen molar-refractivity contribution in [2.45, 2.75) is 19.5 Å². The van der Waals surface area contributed by atoms with Gasteiger partial charge in [0.25, 0.3) is 5.91 Å². The third kappa shape index (κ3) is 2.28. The summed E-state index contributed by atoms with van der Waals surface area (Å²) in [7, 11) is 0. The van der Waals surface area contributed by atoms with Gasteiger partial charge in [0, 0.05) is 6.54 Å². The third-order valence-electron chi connectivity index (χ3n) is 4.06. The van der Waals surface area contributed by atoms with Crippen molar-refractivity contribution in [1.29, 1.82) is 0 Å². The van der Waals surface area contributed by atoms with Crippen molar-refractivity contribution in [2.75, 3.05) is 0 Å². The number of aryl methyl sites for hydroxylation is 1. The SMILES string of the molecule is Cc1ccc2c(c1)CN(C(=O)c1ccnnc1)[C@H]2c1cnco1. The lowest BCUT2D eigenvalue weighted by Crippen LogP contribution is -2.30. The Balaban J connectivity index is 1.79. The van der Waals surface area contributed by atoms with E-state index in [-0.39, 0.29) is 11.9 Å². The lowest BCUT2D eigenvalue weighted by atomic mass is 10.0. The number of nitrogens with zero attached hydrogens (tertiary/aromatic N) is 4. The van der Waals surface area contributed by atoms with Gasteiger partial charge in [-0.1, -0.05) is 23.8 Å². The van der Waals surface area contributed by atoms with Gasteiger partial charge in [-0.25, -0.2) is 4.98 Å². The van der Waals surface area contributed by atoms with Crippen molar-refractivity contribution < 1.29 is 9.21 Å². The van der Waals surface area contributed by atoms with Crippen LogP contribution in [0.5, 0.6) is 0 Å². The van der Waals surface area contributed by atoms with Crippen LogP contribution in [0, 0.1) is 6.92 Å². The molecule has 6 heteroatoms. The van der Waals surface area contributed by atoms with Gasteiger partial charge in [0.05, 0.1) is 24.2 Å². The van der Waals surface area contributed by atoms with E-state index in [2.05, 4.69) is 27.3 Å². The number of hydrogen-bond acceptors (Lipinski definition) is 5. The molecule has 1 aromatic carbocycles. The number of oxazole rings is 1. The molecule has 0 unspecified atom stereocenters. The van der Waals surface area contributed by atoms with Crippen LogP contribution >= 0.6 is 0 Å². The van der Waals surface area contributed by atoms with Crippen LogP contribution < -0.4 is 0 Å². The number of benzene rings is 1. The highest BCUT2D eigenvalue weighted by Gasteiger charge is 2.37. The van der Waals surface area contributed by atoms with Gasteiger partial charge in [0.1, 0.15) is 6.04 Å². The van der Waals surface area contributed by atoms with Gasteiger partial charge in [-0.2, -0.15) is 10.2 Å². The molecule has 1 atom stereocenters. The topological polar surface area (TPSA) is 72.1 Å². The van der Waals surface area contributed by atoms with Gasteiger partial charge >= 0.3 is 0 Å². The zero-order valence-corrected chi connectivity index (χ0v) is 12.5. The average Bonchev–Trinajstić information content (AvgIpc) is 3.21. The lowest BCUT2D eigenvalue weighted by Gasteiger charge is -2.23. The molecule has 3 aromatic rings. The van der Waals surface area contributed by atoms with E-state index in [0.717, 1.165) is 11.1 Å². The Morgan fingerprint density at radius 3 is 2.91 bits per heavy atom. The summed E-state index contributed by atoms with van der Waals surface area (Å²) in [4.78, 5) is 18.7. The predicted molar refractivity (Wildman–Crippen MR) is 81.4 cm³/mol. The average molecular weight is 306 g/mol. The van der Waals surface area contributed by atoms with E-state index in [1.165, 1.54) is 24.4 Å². The van der Waals surface area contributed by atoms with E-state index in [0.29, 0.717) is 17.9 Å². The van der Waals surface area contributed by atoms with Gasteiger partial charge in [0.2, 0.25) is 0 Å². The molecule has 0 fully saturated rings. The van der Waals surface area contributed by atoms with Crippen LogP contribution in [0.25, 0.3) is 0 Å². The summed E-state index contributed by atoms with van der Waals surface area (Å²) in [6, 6.07) is 7.60. The van der Waals surface area contributed by atoms with Gasteiger partial charge in [-0.15, -0.1) is 0 Å². The quantitative estimate of drug-likeness (QED) is 0.727. The predicted octanol–water partition coefficient (Wildman–Crippen LogP) is 2.52. The number of carbonyl (C=O) groups is 1. The van der Waals surface area contributed by atoms with E-state index < -0.39 is 0 Å². The van der Waals surface area contributed by atoms with E-state index in [9.17, 15) is 4.79 Å². The highest BCUT2D eigenvalue weighted by Crippen LogP contribution is 2.39. The van der Waals surface area contributed by atoms with Crippen molar-refractivity contribution in [3.05, 3.63) is 77.3 Å². The summed E-state index contributed by atoms with van der Waals surface area (Å²) in [6.45, 7) is 2.57. The minimum atomic E-state index is -0.270. The van der Waals surface area contributed by atoms with Gasteiger partial charge in [0.15, 0.2) is 12.2 Å². The maximum atomic E-state index is 12.9. The molecule has 4 rings (SSSR count). The van der Waals surface area contributed by atoms with Gasteiger partial charge in [-0.05, 0) is 24.1 Å². The van der Waals surface area contributed by atoms with Crippen molar-refractivity contribution in [3.63, 3.8) is 0 Å². The minimum absolute atomic E-state index is 0.102. The second kappa shape index (κ2) is 5.31. The number of aromatic nitrogens is 3. The number of fused-ring (bicyclic) bond motifs is 1. The number of amides is 1. The Morgan fingerprint density at radius 1 is 1.26 bits per heavy atom. The second-order valence-electron chi connectivity index (χ2n) is 5.57. The molecule has 0 saturated carbocycles. The van der Waals surface area contributed by atoms with Crippen molar-refractivity contribution >= 4 is 5.91 Å². The molecule has 114 valence electrons. The van der Waals surface area contributed by atoms with Crippen molar-refractivity contribution in [1.82, 2.24) is 20.1 Å². The summed E-state index contributed by atoms with van der Waals surface area (Å²) in [5.41, 5.74) is 3.87. The molecule has 1 aliphatic rings. The molecule has 6 nitrogen and oxygen atoms in total. The second-order valence-corrected chi connectivity index (χ2v) is 5.57. The van der Waals surface area contributed by atoms with Crippen molar-refractivity contribution in [2.24, 2.45) is 0 Å². The third-order valence-corrected chi connectivity index (χ3v) is 4.06. The summed E-state index contributed by atoms with van der Waals surface area (Å²) >= 11 is 0. The molecule has 0 N–H and O–H groups in total. The highest BCUT2D eigenvalue weighted by molar-refractivity contribution is 5.94. The van der Waals surface area contributed by atoms with Crippen LogP contribution in [0.2, 0.25) is 0 Å². The molecular weight excluding hydrogens is 292 g/mol. The fourth-order valence-corrected chi connectivity index (χ4v) is 3.02. The smallest absolute Gasteiger partial charge is 0.256 e.